The quantitative estimate of drug-likeness (QED) is 0.869. The van der Waals surface area contributed by atoms with E-state index in [1.54, 1.807) is 20.8 Å². The molecular weight excluding hydrogens is 266 g/mol. The standard InChI is InChI=1S/C12H13N3O5/c1-5(10-6(2)14-19-7(10)3)13-11(16)8-4-9(12(17)18)20-15-8/h4-5H,1-3H3,(H,13,16)(H,17,18). The van der Waals surface area contributed by atoms with Crippen molar-refractivity contribution >= 4 is 11.9 Å². The SMILES string of the molecule is Cc1noc(C)c1C(C)NC(=O)c1cc(C(=O)O)on1. The summed E-state index contributed by atoms with van der Waals surface area (Å²) in [5.41, 5.74) is 1.36. The summed E-state index contributed by atoms with van der Waals surface area (Å²) in [6.45, 7) is 5.28. The maximum Gasteiger partial charge on any atom is 0.374 e. The number of hydrogen-bond donors (Lipinski definition) is 2. The number of aromatic carboxylic acids is 1. The van der Waals surface area contributed by atoms with Crippen molar-refractivity contribution in [1.29, 1.82) is 0 Å². The van der Waals surface area contributed by atoms with Gasteiger partial charge in [0.2, 0.25) is 5.76 Å². The molecular formula is C12H13N3O5. The zero-order chi connectivity index (χ0) is 14.9. The highest BCUT2D eigenvalue weighted by molar-refractivity contribution is 5.95. The van der Waals surface area contributed by atoms with Crippen molar-refractivity contribution in [2.75, 3.05) is 0 Å². The molecule has 0 saturated heterocycles. The van der Waals surface area contributed by atoms with Gasteiger partial charge in [-0.15, -0.1) is 0 Å². The Morgan fingerprint density at radius 3 is 2.50 bits per heavy atom. The Hall–Kier alpha value is -2.64. The molecule has 8 heteroatoms. The van der Waals surface area contributed by atoms with E-state index in [-0.39, 0.29) is 17.5 Å². The van der Waals surface area contributed by atoms with Crippen LogP contribution in [-0.4, -0.2) is 27.3 Å². The van der Waals surface area contributed by atoms with Gasteiger partial charge >= 0.3 is 5.97 Å². The third kappa shape index (κ3) is 2.53. The lowest BCUT2D eigenvalue weighted by molar-refractivity contribution is 0.0651. The molecule has 2 aromatic rings. The van der Waals surface area contributed by atoms with Crippen LogP contribution < -0.4 is 5.32 Å². The molecule has 0 aliphatic carbocycles. The number of hydrogen-bond acceptors (Lipinski definition) is 6. The maximum absolute atomic E-state index is 11.9. The second-order valence-electron chi connectivity index (χ2n) is 4.31. The van der Waals surface area contributed by atoms with Crippen molar-refractivity contribution in [2.24, 2.45) is 0 Å². The number of aromatic nitrogens is 2. The van der Waals surface area contributed by atoms with E-state index >= 15 is 0 Å². The van der Waals surface area contributed by atoms with Gasteiger partial charge in [-0.3, -0.25) is 4.79 Å². The Kier molecular flexibility index (Phi) is 3.55. The minimum absolute atomic E-state index is 0.0963. The highest BCUT2D eigenvalue weighted by atomic mass is 16.5. The predicted molar refractivity (Wildman–Crippen MR) is 65.3 cm³/mol. The Morgan fingerprint density at radius 2 is 2.00 bits per heavy atom. The first-order chi connectivity index (χ1) is 9.40. The van der Waals surface area contributed by atoms with Crippen molar-refractivity contribution < 1.29 is 23.7 Å². The molecule has 0 spiro atoms. The largest absolute Gasteiger partial charge is 0.475 e. The third-order valence-electron chi connectivity index (χ3n) is 2.82. The van der Waals surface area contributed by atoms with Crippen LogP contribution in [0, 0.1) is 13.8 Å². The van der Waals surface area contributed by atoms with Crippen molar-refractivity contribution in [3.05, 3.63) is 34.5 Å². The maximum atomic E-state index is 11.9. The zero-order valence-corrected chi connectivity index (χ0v) is 11.1. The van der Waals surface area contributed by atoms with Gasteiger partial charge in [0.05, 0.1) is 11.7 Å². The summed E-state index contributed by atoms with van der Waals surface area (Å²) < 4.78 is 9.55. The lowest BCUT2D eigenvalue weighted by atomic mass is 10.1. The minimum atomic E-state index is -1.28. The molecule has 0 fully saturated rings. The molecule has 0 aromatic carbocycles. The summed E-state index contributed by atoms with van der Waals surface area (Å²) in [5, 5.41) is 18.6. The van der Waals surface area contributed by atoms with Gasteiger partial charge in [-0.25, -0.2) is 4.79 Å². The van der Waals surface area contributed by atoms with Crippen LogP contribution in [0.3, 0.4) is 0 Å². The van der Waals surface area contributed by atoms with Gasteiger partial charge < -0.3 is 19.5 Å². The topological polar surface area (TPSA) is 118 Å². The molecule has 0 saturated carbocycles. The summed E-state index contributed by atoms with van der Waals surface area (Å²) in [4.78, 5) is 22.6. The normalized spacial score (nSPS) is 12.2. The zero-order valence-electron chi connectivity index (χ0n) is 11.1. The number of carbonyl (C=O) groups is 2. The van der Waals surface area contributed by atoms with E-state index in [4.69, 9.17) is 9.63 Å². The molecule has 2 rings (SSSR count). The fraction of sp³-hybridized carbons (Fsp3) is 0.333. The molecule has 20 heavy (non-hydrogen) atoms. The van der Waals surface area contributed by atoms with Crippen LogP contribution in [0.4, 0.5) is 0 Å². The van der Waals surface area contributed by atoms with Crippen LogP contribution >= 0.6 is 0 Å². The van der Waals surface area contributed by atoms with Crippen molar-refractivity contribution in [1.82, 2.24) is 15.6 Å². The van der Waals surface area contributed by atoms with Gasteiger partial charge in [0.25, 0.3) is 5.91 Å². The highest BCUT2D eigenvalue weighted by Crippen LogP contribution is 2.21. The Morgan fingerprint density at radius 1 is 1.30 bits per heavy atom. The summed E-state index contributed by atoms with van der Waals surface area (Å²) >= 11 is 0. The van der Waals surface area contributed by atoms with Crippen molar-refractivity contribution in [3.63, 3.8) is 0 Å². The number of carboxylic acids is 1. The number of carbonyl (C=O) groups excluding carboxylic acids is 1. The van der Waals surface area contributed by atoms with E-state index < -0.39 is 11.9 Å². The van der Waals surface area contributed by atoms with Gasteiger partial charge in [-0.1, -0.05) is 10.3 Å². The monoisotopic (exact) mass is 279 g/mol. The highest BCUT2D eigenvalue weighted by Gasteiger charge is 2.21. The number of amides is 1. The first kappa shape index (κ1) is 13.8. The summed E-state index contributed by atoms with van der Waals surface area (Å²) in [6.07, 6.45) is 0. The molecule has 1 unspecified atom stereocenters. The average molecular weight is 279 g/mol. The number of rotatable bonds is 4. The van der Waals surface area contributed by atoms with E-state index in [0.29, 0.717) is 11.5 Å². The molecule has 1 atom stereocenters. The number of nitrogens with one attached hydrogen (secondary N) is 1. The van der Waals surface area contributed by atoms with Crippen molar-refractivity contribution in [3.8, 4) is 0 Å². The van der Waals surface area contributed by atoms with Gasteiger partial charge in [-0.05, 0) is 20.8 Å². The van der Waals surface area contributed by atoms with Gasteiger partial charge in [0.15, 0.2) is 5.69 Å². The molecule has 0 aliphatic heterocycles. The average Bonchev–Trinajstić information content (AvgIpc) is 2.96. The van der Waals surface area contributed by atoms with E-state index in [1.165, 1.54) is 0 Å². The fourth-order valence-corrected chi connectivity index (χ4v) is 1.93. The number of carboxylic acid groups (broad SMARTS) is 1. The van der Waals surface area contributed by atoms with Crippen LogP contribution in [-0.2, 0) is 0 Å². The molecule has 2 heterocycles. The van der Waals surface area contributed by atoms with E-state index in [9.17, 15) is 9.59 Å². The van der Waals surface area contributed by atoms with E-state index in [2.05, 4.69) is 20.2 Å². The van der Waals surface area contributed by atoms with Crippen LogP contribution in [0.2, 0.25) is 0 Å². The van der Waals surface area contributed by atoms with Gasteiger partial charge in [0, 0.05) is 11.6 Å². The first-order valence-electron chi connectivity index (χ1n) is 5.83. The summed E-state index contributed by atoms with van der Waals surface area (Å²) in [6, 6.07) is 0.719. The van der Waals surface area contributed by atoms with Crippen molar-refractivity contribution in [2.45, 2.75) is 26.8 Å². The molecule has 0 aliphatic rings. The number of nitrogens with zero attached hydrogens (tertiary/aromatic N) is 2. The molecule has 1 amide bonds. The molecule has 0 radical (unpaired) electrons. The lowest BCUT2D eigenvalue weighted by Crippen LogP contribution is -2.27. The second-order valence-corrected chi connectivity index (χ2v) is 4.31. The van der Waals surface area contributed by atoms with Crippen LogP contribution in [0.1, 0.15) is 51.0 Å². The van der Waals surface area contributed by atoms with Gasteiger partial charge in [0.1, 0.15) is 5.76 Å². The summed E-state index contributed by atoms with van der Waals surface area (Å²) in [7, 11) is 0. The molecule has 2 aromatic heterocycles. The fourth-order valence-electron chi connectivity index (χ4n) is 1.93. The molecule has 0 bridgehead atoms. The number of aryl methyl sites for hydroxylation is 2. The molecule has 2 N–H and O–H groups in total. The third-order valence-corrected chi connectivity index (χ3v) is 2.82. The second kappa shape index (κ2) is 5.16. The molecule has 106 valence electrons. The Bertz CT molecular complexity index is 638. The van der Waals surface area contributed by atoms with Crippen LogP contribution in [0.5, 0.6) is 0 Å². The Balaban J connectivity index is 2.13. The van der Waals surface area contributed by atoms with E-state index in [1.807, 2.05) is 0 Å². The predicted octanol–water partition coefficient (Wildman–Crippen LogP) is 1.47. The lowest BCUT2D eigenvalue weighted by Gasteiger charge is -2.12. The molecule has 8 nitrogen and oxygen atoms in total. The van der Waals surface area contributed by atoms with Gasteiger partial charge in [-0.2, -0.15) is 0 Å². The van der Waals surface area contributed by atoms with Crippen LogP contribution in [0.15, 0.2) is 15.1 Å². The van der Waals surface area contributed by atoms with Crippen LogP contribution in [0.25, 0.3) is 0 Å². The smallest absolute Gasteiger partial charge is 0.374 e. The Labute approximate surface area is 113 Å². The first-order valence-corrected chi connectivity index (χ1v) is 5.83. The van der Waals surface area contributed by atoms with E-state index in [0.717, 1.165) is 11.6 Å². The minimum Gasteiger partial charge on any atom is -0.475 e. The summed E-state index contributed by atoms with van der Waals surface area (Å²) in [5.74, 6) is -1.59.